The molecule has 11 nitrogen and oxygen atoms in total. The summed E-state index contributed by atoms with van der Waals surface area (Å²) in [6.45, 7) is 0. The number of nitrogens with zero attached hydrogens (tertiary/aromatic N) is 2. The van der Waals surface area contributed by atoms with Crippen molar-refractivity contribution in [3.8, 4) is 17.3 Å². The van der Waals surface area contributed by atoms with E-state index in [1.165, 1.54) is 31.4 Å². The Morgan fingerprint density at radius 3 is 2.48 bits per heavy atom. The number of amides is 2. The number of benzene rings is 2. The van der Waals surface area contributed by atoms with E-state index in [9.17, 15) is 19.7 Å². The van der Waals surface area contributed by atoms with Gasteiger partial charge in [0.05, 0.1) is 24.2 Å². The van der Waals surface area contributed by atoms with Crippen molar-refractivity contribution in [2.24, 2.45) is 0 Å². The minimum atomic E-state index is -0.644. The van der Waals surface area contributed by atoms with Gasteiger partial charge in [0.2, 0.25) is 0 Å². The number of rotatable bonds is 5. The normalized spacial score (nSPS) is 10.6. The Hall–Kier alpha value is -4.67. The topological polar surface area (TPSA) is 152 Å². The fourth-order valence-corrected chi connectivity index (χ4v) is 2.84. The second-order valence-electron chi connectivity index (χ2n) is 6.35. The van der Waals surface area contributed by atoms with E-state index in [1.54, 1.807) is 30.3 Å². The van der Waals surface area contributed by atoms with Crippen molar-refractivity contribution in [1.82, 2.24) is 20.8 Å². The molecule has 4 rings (SSSR count). The SMILES string of the molecule is COc1cccc(C(=O)NNC(=O)c2ccc3nc(-c4ccc([N+](=O)[O-])o4)[nH]c3c2)c1. The van der Waals surface area contributed by atoms with Crippen molar-refractivity contribution in [2.75, 3.05) is 7.11 Å². The van der Waals surface area contributed by atoms with E-state index in [0.717, 1.165) is 0 Å². The van der Waals surface area contributed by atoms with Gasteiger partial charge >= 0.3 is 5.88 Å². The van der Waals surface area contributed by atoms with Crippen molar-refractivity contribution in [3.05, 3.63) is 75.8 Å². The largest absolute Gasteiger partial charge is 0.497 e. The maximum absolute atomic E-state index is 12.4. The molecule has 2 aromatic heterocycles. The number of nitro groups is 1. The molecule has 156 valence electrons. The molecule has 2 amide bonds. The van der Waals surface area contributed by atoms with Crippen molar-refractivity contribution in [1.29, 1.82) is 0 Å². The summed E-state index contributed by atoms with van der Waals surface area (Å²) in [7, 11) is 1.49. The first-order valence-electron chi connectivity index (χ1n) is 8.93. The zero-order chi connectivity index (χ0) is 22.0. The monoisotopic (exact) mass is 421 g/mol. The Morgan fingerprint density at radius 2 is 1.81 bits per heavy atom. The molecule has 31 heavy (non-hydrogen) atoms. The third-order valence-corrected chi connectivity index (χ3v) is 4.37. The number of aromatic nitrogens is 2. The summed E-state index contributed by atoms with van der Waals surface area (Å²) in [6, 6.07) is 13.8. The molecule has 0 saturated heterocycles. The smallest absolute Gasteiger partial charge is 0.433 e. The van der Waals surface area contributed by atoms with Gasteiger partial charge in [0.25, 0.3) is 11.8 Å². The van der Waals surface area contributed by atoms with Gasteiger partial charge < -0.3 is 14.1 Å². The molecule has 3 N–H and O–H groups in total. The molecule has 0 atom stereocenters. The predicted molar refractivity (Wildman–Crippen MR) is 108 cm³/mol. The van der Waals surface area contributed by atoms with Crippen LogP contribution in [0.2, 0.25) is 0 Å². The second kappa shape index (κ2) is 7.99. The number of aromatic amines is 1. The Balaban J connectivity index is 1.48. The van der Waals surface area contributed by atoms with E-state index < -0.39 is 22.6 Å². The first-order valence-corrected chi connectivity index (χ1v) is 8.93. The average Bonchev–Trinajstić information content (AvgIpc) is 3.43. The fraction of sp³-hybridized carbons (Fsp3) is 0.0500. The molecule has 4 aromatic rings. The number of fused-ring (bicyclic) bond motifs is 1. The number of furan rings is 1. The van der Waals surface area contributed by atoms with E-state index in [2.05, 4.69) is 20.8 Å². The van der Waals surface area contributed by atoms with Crippen LogP contribution in [0.25, 0.3) is 22.6 Å². The Kier molecular flexibility index (Phi) is 5.06. The second-order valence-corrected chi connectivity index (χ2v) is 6.35. The van der Waals surface area contributed by atoms with Crippen molar-refractivity contribution in [2.45, 2.75) is 0 Å². The summed E-state index contributed by atoms with van der Waals surface area (Å²) in [4.78, 5) is 42.0. The van der Waals surface area contributed by atoms with E-state index in [1.807, 2.05) is 0 Å². The van der Waals surface area contributed by atoms with E-state index in [-0.39, 0.29) is 17.1 Å². The van der Waals surface area contributed by atoms with E-state index in [4.69, 9.17) is 9.15 Å². The van der Waals surface area contributed by atoms with Gasteiger partial charge in [-0.3, -0.25) is 30.6 Å². The van der Waals surface area contributed by atoms with Gasteiger partial charge in [-0.1, -0.05) is 6.07 Å². The Morgan fingerprint density at radius 1 is 1.06 bits per heavy atom. The number of hydrazine groups is 1. The fourth-order valence-electron chi connectivity index (χ4n) is 2.84. The van der Waals surface area contributed by atoms with Crippen LogP contribution in [0.4, 0.5) is 5.88 Å². The lowest BCUT2D eigenvalue weighted by molar-refractivity contribution is -0.401. The van der Waals surface area contributed by atoms with Crippen LogP contribution in [0.5, 0.6) is 5.75 Å². The zero-order valence-electron chi connectivity index (χ0n) is 16.0. The highest BCUT2D eigenvalue weighted by Crippen LogP contribution is 2.26. The Bertz CT molecular complexity index is 1310. The molecular formula is C20H15N5O6. The predicted octanol–water partition coefficient (Wildman–Crippen LogP) is 2.81. The maximum atomic E-state index is 12.4. The van der Waals surface area contributed by atoms with Gasteiger partial charge in [-0.05, 0) is 42.5 Å². The Labute approximate surface area is 174 Å². The lowest BCUT2D eigenvalue weighted by Gasteiger charge is -2.08. The van der Waals surface area contributed by atoms with Crippen LogP contribution < -0.4 is 15.6 Å². The van der Waals surface area contributed by atoms with Crippen LogP contribution in [0, 0.1) is 10.1 Å². The standard InChI is InChI=1S/C20H15N5O6/c1-30-13-4-2-3-11(9-13)19(26)23-24-20(27)12-5-6-14-15(10-12)22-18(21-14)16-7-8-17(31-16)25(28)29/h2-10H,1H3,(H,21,22)(H,23,26)(H,24,27). The third kappa shape index (κ3) is 4.05. The number of methoxy groups -OCH3 is 1. The lowest BCUT2D eigenvalue weighted by atomic mass is 10.2. The highest BCUT2D eigenvalue weighted by atomic mass is 16.6. The molecule has 0 bridgehead atoms. The van der Waals surface area contributed by atoms with Crippen LogP contribution in [0.1, 0.15) is 20.7 Å². The quantitative estimate of drug-likeness (QED) is 0.331. The molecule has 11 heteroatoms. The van der Waals surface area contributed by atoms with Gasteiger partial charge in [-0.25, -0.2) is 4.98 Å². The third-order valence-electron chi connectivity index (χ3n) is 4.37. The number of hydrogen-bond donors (Lipinski definition) is 3. The highest BCUT2D eigenvalue weighted by Gasteiger charge is 2.17. The average molecular weight is 421 g/mol. The van der Waals surface area contributed by atoms with Gasteiger partial charge in [0.15, 0.2) is 11.6 Å². The van der Waals surface area contributed by atoms with Crippen LogP contribution in [0.15, 0.2) is 59.0 Å². The molecule has 0 aliphatic heterocycles. The number of H-pyrrole nitrogens is 1. The number of carbonyl (C=O) groups is 2. The summed E-state index contributed by atoms with van der Waals surface area (Å²) < 4.78 is 10.2. The molecular weight excluding hydrogens is 406 g/mol. The molecule has 0 aliphatic carbocycles. The minimum absolute atomic E-state index is 0.194. The first kappa shape index (κ1) is 19.6. The summed E-state index contributed by atoms with van der Waals surface area (Å²) >= 11 is 0. The molecule has 0 saturated carbocycles. The van der Waals surface area contributed by atoms with Gasteiger partial charge in [-0.15, -0.1) is 0 Å². The first-order chi connectivity index (χ1) is 14.9. The number of carbonyl (C=O) groups excluding carboxylic acids is 2. The molecule has 0 aliphatic rings. The summed E-state index contributed by atoms with van der Waals surface area (Å²) in [5.41, 5.74) is 6.32. The number of hydrogen-bond acceptors (Lipinski definition) is 7. The van der Waals surface area contributed by atoms with Crippen LogP contribution in [-0.2, 0) is 0 Å². The van der Waals surface area contributed by atoms with Gasteiger partial charge in [-0.2, -0.15) is 0 Å². The molecule has 2 aromatic carbocycles. The van der Waals surface area contributed by atoms with Crippen molar-refractivity contribution in [3.63, 3.8) is 0 Å². The summed E-state index contributed by atoms with van der Waals surface area (Å²) in [5, 5.41) is 10.8. The van der Waals surface area contributed by atoms with Crippen molar-refractivity contribution >= 4 is 28.7 Å². The number of nitrogens with one attached hydrogen (secondary N) is 3. The number of ether oxygens (including phenoxy) is 1. The van der Waals surface area contributed by atoms with Gasteiger partial charge in [0, 0.05) is 11.1 Å². The van der Waals surface area contributed by atoms with Crippen LogP contribution >= 0.6 is 0 Å². The molecule has 2 heterocycles. The minimum Gasteiger partial charge on any atom is -0.497 e. The van der Waals surface area contributed by atoms with E-state index >= 15 is 0 Å². The van der Waals surface area contributed by atoms with Crippen molar-refractivity contribution < 1.29 is 23.7 Å². The molecule has 0 radical (unpaired) electrons. The maximum Gasteiger partial charge on any atom is 0.433 e. The van der Waals surface area contributed by atoms with Gasteiger partial charge in [0.1, 0.15) is 10.7 Å². The molecule has 0 spiro atoms. The number of imidazole rings is 1. The lowest BCUT2D eigenvalue weighted by Crippen LogP contribution is -2.41. The van der Waals surface area contributed by atoms with Crippen LogP contribution in [0.3, 0.4) is 0 Å². The molecule has 0 unspecified atom stereocenters. The zero-order valence-corrected chi connectivity index (χ0v) is 16.0. The summed E-state index contributed by atoms with van der Waals surface area (Å²) in [6.07, 6.45) is 0. The molecule has 0 fully saturated rings. The summed E-state index contributed by atoms with van der Waals surface area (Å²) in [5.74, 6) is -0.449. The van der Waals surface area contributed by atoms with E-state index in [0.29, 0.717) is 22.3 Å². The highest BCUT2D eigenvalue weighted by molar-refractivity contribution is 6.00. The van der Waals surface area contributed by atoms with Crippen LogP contribution in [-0.4, -0.2) is 33.8 Å².